The summed E-state index contributed by atoms with van der Waals surface area (Å²) in [5.41, 5.74) is 2.41. The highest BCUT2D eigenvalue weighted by atomic mass is 16.3. The number of aliphatic hydroxyl groups excluding tert-OH is 1. The third-order valence-electron chi connectivity index (χ3n) is 2.21. The molecule has 0 aliphatic heterocycles. The van der Waals surface area contributed by atoms with Crippen LogP contribution in [0.2, 0.25) is 0 Å². The molecule has 0 bridgehead atoms. The zero-order chi connectivity index (χ0) is 10.4. The van der Waals surface area contributed by atoms with Gasteiger partial charge in [-0.3, -0.25) is 4.90 Å². The highest BCUT2D eigenvalue weighted by Crippen LogP contribution is 2.15. The van der Waals surface area contributed by atoms with E-state index in [-0.39, 0.29) is 6.61 Å². The molecule has 0 aromatic heterocycles. The number of anilines is 1. The van der Waals surface area contributed by atoms with Crippen molar-refractivity contribution < 1.29 is 5.11 Å². The number of benzene rings is 1. The van der Waals surface area contributed by atoms with E-state index < -0.39 is 0 Å². The van der Waals surface area contributed by atoms with E-state index >= 15 is 0 Å². The zero-order valence-electron chi connectivity index (χ0n) is 8.83. The summed E-state index contributed by atoms with van der Waals surface area (Å²) in [6.07, 6.45) is 0. The van der Waals surface area contributed by atoms with Crippen LogP contribution in [0.1, 0.15) is 5.56 Å². The second-order valence-corrected chi connectivity index (χ2v) is 3.37. The first-order valence-electron chi connectivity index (χ1n) is 4.83. The fourth-order valence-corrected chi connectivity index (χ4v) is 1.44. The summed E-state index contributed by atoms with van der Waals surface area (Å²) in [5, 5.41) is 11.9. The molecule has 1 aromatic rings. The molecule has 78 valence electrons. The lowest BCUT2D eigenvalue weighted by Gasteiger charge is -2.17. The van der Waals surface area contributed by atoms with Gasteiger partial charge >= 0.3 is 0 Å². The van der Waals surface area contributed by atoms with Crippen LogP contribution in [0.5, 0.6) is 0 Å². The second kappa shape index (κ2) is 5.62. The molecule has 0 fully saturated rings. The van der Waals surface area contributed by atoms with Gasteiger partial charge in [0.15, 0.2) is 0 Å². The van der Waals surface area contributed by atoms with Crippen molar-refractivity contribution >= 4 is 5.69 Å². The van der Waals surface area contributed by atoms with Crippen LogP contribution in [0.3, 0.4) is 0 Å². The number of rotatable bonds is 5. The van der Waals surface area contributed by atoms with Crippen LogP contribution in [-0.4, -0.2) is 37.3 Å². The molecular weight excluding hydrogens is 176 g/mol. The molecule has 3 nitrogen and oxygen atoms in total. The average Bonchev–Trinajstić information content (AvgIpc) is 2.19. The number of aliphatic hydroxyl groups is 1. The van der Waals surface area contributed by atoms with Crippen molar-refractivity contribution in [3.05, 3.63) is 29.8 Å². The first kappa shape index (κ1) is 11.0. The van der Waals surface area contributed by atoms with Crippen molar-refractivity contribution in [1.29, 1.82) is 0 Å². The van der Waals surface area contributed by atoms with Gasteiger partial charge in [0, 0.05) is 25.8 Å². The lowest BCUT2D eigenvalue weighted by Crippen LogP contribution is -2.21. The maximum absolute atomic E-state index is 8.78. The highest BCUT2D eigenvalue weighted by molar-refractivity contribution is 5.50. The average molecular weight is 194 g/mol. The van der Waals surface area contributed by atoms with E-state index in [4.69, 9.17) is 5.11 Å². The normalized spacial score (nSPS) is 10.6. The summed E-state index contributed by atoms with van der Waals surface area (Å²) in [4.78, 5) is 2.09. The van der Waals surface area contributed by atoms with Gasteiger partial charge < -0.3 is 10.4 Å². The Morgan fingerprint density at radius 1 is 1.36 bits per heavy atom. The van der Waals surface area contributed by atoms with Crippen LogP contribution >= 0.6 is 0 Å². The third-order valence-corrected chi connectivity index (χ3v) is 2.21. The predicted octanol–water partition coefficient (Wildman–Crippen LogP) is 1.15. The number of nitrogens with one attached hydrogen (secondary N) is 1. The SMILES string of the molecule is CNc1ccccc1CN(C)CCO. The van der Waals surface area contributed by atoms with E-state index in [1.54, 1.807) is 0 Å². The predicted molar refractivity (Wildman–Crippen MR) is 59.4 cm³/mol. The number of para-hydroxylation sites is 1. The molecule has 2 N–H and O–H groups in total. The molecule has 1 rings (SSSR count). The monoisotopic (exact) mass is 194 g/mol. The van der Waals surface area contributed by atoms with Crippen LogP contribution in [-0.2, 0) is 6.54 Å². The number of hydrogen-bond donors (Lipinski definition) is 2. The topological polar surface area (TPSA) is 35.5 Å². The molecule has 0 spiro atoms. The highest BCUT2D eigenvalue weighted by Gasteiger charge is 2.02. The molecule has 1 aromatic carbocycles. The summed E-state index contributed by atoms with van der Waals surface area (Å²) >= 11 is 0. The minimum Gasteiger partial charge on any atom is -0.395 e. The molecule has 0 saturated carbocycles. The van der Waals surface area contributed by atoms with E-state index in [9.17, 15) is 0 Å². The molecule has 0 aliphatic rings. The summed E-state index contributed by atoms with van der Waals surface area (Å²) in [7, 11) is 3.92. The Kier molecular flexibility index (Phi) is 4.43. The van der Waals surface area contributed by atoms with Crippen molar-refractivity contribution in [2.24, 2.45) is 0 Å². The summed E-state index contributed by atoms with van der Waals surface area (Å²) in [5.74, 6) is 0. The molecule has 0 aliphatic carbocycles. The summed E-state index contributed by atoms with van der Waals surface area (Å²) < 4.78 is 0. The van der Waals surface area contributed by atoms with Crippen LogP contribution in [0.15, 0.2) is 24.3 Å². The van der Waals surface area contributed by atoms with E-state index in [1.165, 1.54) is 5.56 Å². The minimum atomic E-state index is 0.207. The van der Waals surface area contributed by atoms with E-state index in [1.807, 2.05) is 26.2 Å². The first-order chi connectivity index (χ1) is 6.77. The van der Waals surface area contributed by atoms with Crippen LogP contribution in [0.25, 0.3) is 0 Å². The lowest BCUT2D eigenvalue weighted by molar-refractivity contribution is 0.217. The molecule has 3 heteroatoms. The largest absolute Gasteiger partial charge is 0.395 e. The third kappa shape index (κ3) is 3.01. The number of hydrogen-bond acceptors (Lipinski definition) is 3. The molecule has 0 heterocycles. The molecular formula is C11H18N2O. The number of likely N-dealkylation sites (N-methyl/N-ethyl adjacent to an activating group) is 1. The Labute approximate surface area is 85.4 Å². The summed E-state index contributed by atoms with van der Waals surface area (Å²) in [6.45, 7) is 1.77. The fraction of sp³-hybridized carbons (Fsp3) is 0.455. The van der Waals surface area contributed by atoms with Gasteiger partial charge in [0.05, 0.1) is 6.61 Å². The molecule has 0 atom stereocenters. The van der Waals surface area contributed by atoms with Crippen molar-refractivity contribution in [2.75, 3.05) is 32.6 Å². The van der Waals surface area contributed by atoms with E-state index in [2.05, 4.69) is 22.3 Å². The quantitative estimate of drug-likeness (QED) is 0.738. The fourth-order valence-electron chi connectivity index (χ4n) is 1.44. The van der Waals surface area contributed by atoms with E-state index in [0.717, 1.165) is 12.2 Å². The Hall–Kier alpha value is -1.06. The minimum absolute atomic E-state index is 0.207. The molecule has 0 unspecified atom stereocenters. The Balaban J connectivity index is 2.65. The van der Waals surface area contributed by atoms with Gasteiger partial charge in [-0.25, -0.2) is 0 Å². The zero-order valence-corrected chi connectivity index (χ0v) is 8.83. The Morgan fingerprint density at radius 2 is 2.07 bits per heavy atom. The molecule has 0 saturated heterocycles. The van der Waals surface area contributed by atoms with Crippen molar-refractivity contribution in [1.82, 2.24) is 4.90 Å². The van der Waals surface area contributed by atoms with E-state index in [0.29, 0.717) is 6.54 Å². The Bertz CT molecular complexity index is 276. The van der Waals surface area contributed by atoms with Crippen molar-refractivity contribution in [3.8, 4) is 0 Å². The second-order valence-electron chi connectivity index (χ2n) is 3.37. The smallest absolute Gasteiger partial charge is 0.0558 e. The molecule has 0 amide bonds. The summed E-state index contributed by atoms with van der Waals surface area (Å²) in [6, 6.07) is 8.20. The molecule has 0 radical (unpaired) electrons. The number of nitrogens with zero attached hydrogens (tertiary/aromatic N) is 1. The molecule has 14 heavy (non-hydrogen) atoms. The Morgan fingerprint density at radius 3 is 2.71 bits per heavy atom. The van der Waals surface area contributed by atoms with Gasteiger partial charge in [0.1, 0.15) is 0 Å². The maximum atomic E-state index is 8.78. The standard InChI is InChI=1S/C11H18N2O/c1-12-11-6-4-3-5-10(11)9-13(2)7-8-14/h3-6,12,14H,7-9H2,1-2H3. The van der Waals surface area contributed by atoms with Gasteiger partial charge in [0.25, 0.3) is 0 Å². The van der Waals surface area contributed by atoms with Crippen LogP contribution < -0.4 is 5.32 Å². The first-order valence-corrected chi connectivity index (χ1v) is 4.83. The van der Waals surface area contributed by atoms with Gasteiger partial charge in [-0.05, 0) is 18.7 Å². The van der Waals surface area contributed by atoms with Crippen LogP contribution in [0, 0.1) is 0 Å². The van der Waals surface area contributed by atoms with Gasteiger partial charge in [0.2, 0.25) is 0 Å². The lowest BCUT2D eigenvalue weighted by atomic mass is 10.1. The van der Waals surface area contributed by atoms with Gasteiger partial charge in [-0.15, -0.1) is 0 Å². The maximum Gasteiger partial charge on any atom is 0.0558 e. The van der Waals surface area contributed by atoms with Gasteiger partial charge in [-0.1, -0.05) is 18.2 Å². The van der Waals surface area contributed by atoms with Crippen molar-refractivity contribution in [3.63, 3.8) is 0 Å². The van der Waals surface area contributed by atoms with Crippen LogP contribution in [0.4, 0.5) is 5.69 Å². The van der Waals surface area contributed by atoms with Crippen molar-refractivity contribution in [2.45, 2.75) is 6.54 Å². The van der Waals surface area contributed by atoms with Gasteiger partial charge in [-0.2, -0.15) is 0 Å².